The largest absolute Gasteiger partial charge is 0.323 e. The van der Waals surface area contributed by atoms with Crippen LogP contribution in [0.25, 0.3) is 11.0 Å². The summed E-state index contributed by atoms with van der Waals surface area (Å²) in [4.78, 5) is 16.7. The number of hydrogen-bond donors (Lipinski definition) is 3. The second kappa shape index (κ2) is 5.21. The van der Waals surface area contributed by atoms with Gasteiger partial charge in [-0.25, -0.2) is 17.9 Å². The number of fused-ring (bicyclic) bond motifs is 3. The summed E-state index contributed by atoms with van der Waals surface area (Å²) in [6.45, 7) is 1.97. The zero-order valence-electron chi connectivity index (χ0n) is 13.0. The molecule has 0 unspecified atom stereocenters. The first-order valence-electron chi connectivity index (χ1n) is 8.17. The predicted octanol–water partition coefficient (Wildman–Crippen LogP) is 1.96. The highest BCUT2D eigenvalue weighted by Gasteiger charge is 2.42. The van der Waals surface area contributed by atoms with Crippen molar-refractivity contribution in [3.63, 3.8) is 0 Å². The van der Waals surface area contributed by atoms with E-state index >= 15 is 0 Å². The Hall–Kier alpha value is -1.60. The fraction of sp³-hybridized carbons (Fsp3) is 0.562. The van der Waals surface area contributed by atoms with Crippen LogP contribution >= 0.6 is 0 Å². The molecule has 1 heterocycles. The van der Waals surface area contributed by atoms with Gasteiger partial charge in [-0.2, -0.15) is 0 Å². The van der Waals surface area contributed by atoms with Crippen molar-refractivity contribution in [1.29, 1.82) is 0 Å². The lowest BCUT2D eigenvalue weighted by Crippen LogP contribution is -2.40. The third-order valence-corrected chi connectivity index (χ3v) is 7.13. The molecule has 2 saturated carbocycles. The van der Waals surface area contributed by atoms with Crippen molar-refractivity contribution in [1.82, 2.24) is 14.7 Å². The smallest absolute Gasteiger partial charge is 0.306 e. The van der Waals surface area contributed by atoms with E-state index in [9.17, 15) is 13.2 Å². The Kier molecular flexibility index (Phi) is 3.39. The van der Waals surface area contributed by atoms with E-state index in [4.69, 9.17) is 0 Å². The van der Waals surface area contributed by atoms with Crippen molar-refractivity contribution in [2.45, 2.75) is 43.5 Å². The van der Waals surface area contributed by atoms with Gasteiger partial charge in [0.15, 0.2) is 0 Å². The summed E-state index contributed by atoms with van der Waals surface area (Å²) in [6.07, 6.45) is 4.93. The molecular formula is C16H21N3O3S. The normalized spacial score (nSPS) is 28.5. The minimum absolute atomic E-state index is 0.0590. The highest BCUT2D eigenvalue weighted by molar-refractivity contribution is 7.89. The molecule has 6 nitrogen and oxygen atoms in total. The summed E-state index contributed by atoms with van der Waals surface area (Å²) in [5.41, 5.74) is 0.776. The SMILES string of the molecule is C[C@@H](NS(=O)(=O)c1ccc2[nH]c(=O)[nH]c2c1)[C@H]1C[C@@H]2CC[C@@H]1C2. The first-order valence-corrected chi connectivity index (χ1v) is 9.65. The van der Waals surface area contributed by atoms with Crippen LogP contribution in [0, 0.1) is 17.8 Å². The van der Waals surface area contributed by atoms with Gasteiger partial charge in [0.25, 0.3) is 0 Å². The van der Waals surface area contributed by atoms with Crippen LogP contribution < -0.4 is 10.4 Å². The number of H-pyrrole nitrogens is 2. The van der Waals surface area contributed by atoms with Crippen molar-refractivity contribution in [2.75, 3.05) is 0 Å². The molecule has 1 aromatic carbocycles. The highest BCUT2D eigenvalue weighted by Crippen LogP contribution is 2.49. The summed E-state index contributed by atoms with van der Waals surface area (Å²) >= 11 is 0. The van der Waals surface area contributed by atoms with Gasteiger partial charge in [-0.1, -0.05) is 6.42 Å². The molecule has 7 heteroatoms. The van der Waals surface area contributed by atoms with Crippen LogP contribution in [-0.2, 0) is 10.0 Å². The molecule has 124 valence electrons. The second-order valence-corrected chi connectivity index (χ2v) is 8.75. The molecule has 0 saturated heterocycles. The van der Waals surface area contributed by atoms with E-state index in [0.29, 0.717) is 22.9 Å². The molecule has 1 aromatic heterocycles. The number of benzene rings is 1. The Bertz CT molecular complexity index is 899. The Labute approximate surface area is 134 Å². The molecule has 2 aromatic rings. The van der Waals surface area contributed by atoms with E-state index in [0.717, 1.165) is 12.3 Å². The van der Waals surface area contributed by atoms with Crippen LogP contribution in [0.1, 0.15) is 32.6 Å². The number of rotatable bonds is 4. The van der Waals surface area contributed by atoms with Crippen LogP contribution in [0.4, 0.5) is 0 Å². The van der Waals surface area contributed by atoms with Crippen molar-refractivity contribution in [3.8, 4) is 0 Å². The Morgan fingerprint density at radius 2 is 1.96 bits per heavy atom. The van der Waals surface area contributed by atoms with Crippen LogP contribution in [0.3, 0.4) is 0 Å². The molecule has 2 aliphatic carbocycles. The molecular weight excluding hydrogens is 314 g/mol. The zero-order valence-corrected chi connectivity index (χ0v) is 13.8. The quantitative estimate of drug-likeness (QED) is 0.797. The van der Waals surface area contributed by atoms with Crippen LogP contribution in [0.15, 0.2) is 27.9 Å². The minimum atomic E-state index is -3.58. The van der Waals surface area contributed by atoms with Gasteiger partial charge >= 0.3 is 5.69 Å². The average molecular weight is 335 g/mol. The molecule has 2 bridgehead atoms. The van der Waals surface area contributed by atoms with Crippen molar-refractivity contribution in [2.24, 2.45) is 17.8 Å². The number of nitrogens with one attached hydrogen (secondary N) is 3. The van der Waals surface area contributed by atoms with Gasteiger partial charge in [0.2, 0.25) is 10.0 Å². The average Bonchev–Trinajstić information content (AvgIpc) is 3.19. The minimum Gasteiger partial charge on any atom is -0.306 e. The molecule has 4 rings (SSSR count). The van der Waals surface area contributed by atoms with Gasteiger partial charge in [0.05, 0.1) is 15.9 Å². The summed E-state index contributed by atoms with van der Waals surface area (Å²) in [7, 11) is -3.58. The van der Waals surface area contributed by atoms with Gasteiger partial charge in [0.1, 0.15) is 0 Å². The summed E-state index contributed by atoms with van der Waals surface area (Å²) in [5, 5.41) is 0. The van der Waals surface area contributed by atoms with Crippen molar-refractivity contribution < 1.29 is 8.42 Å². The lowest BCUT2D eigenvalue weighted by atomic mass is 9.84. The maximum absolute atomic E-state index is 12.6. The number of aromatic amines is 2. The summed E-state index contributed by atoms with van der Waals surface area (Å²) in [5.74, 6) is 1.90. The third-order valence-electron chi connectivity index (χ3n) is 5.57. The van der Waals surface area contributed by atoms with E-state index in [1.807, 2.05) is 6.92 Å². The maximum atomic E-state index is 12.6. The first-order chi connectivity index (χ1) is 10.9. The molecule has 0 radical (unpaired) electrons. The van der Waals surface area contributed by atoms with Gasteiger partial charge in [0, 0.05) is 6.04 Å². The molecule has 4 atom stereocenters. The number of sulfonamides is 1. The van der Waals surface area contributed by atoms with Gasteiger partial charge in [-0.3, -0.25) is 0 Å². The van der Waals surface area contributed by atoms with Crippen LogP contribution in [0.2, 0.25) is 0 Å². The lowest BCUT2D eigenvalue weighted by molar-refractivity contribution is 0.280. The first kappa shape index (κ1) is 15.0. The number of imidazole rings is 1. The Morgan fingerprint density at radius 3 is 2.65 bits per heavy atom. The van der Waals surface area contributed by atoms with Gasteiger partial charge < -0.3 is 9.97 Å². The highest BCUT2D eigenvalue weighted by atomic mass is 32.2. The van der Waals surface area contributed by atoms with E-state index in [1.54, 1.807) is 6.07 Å². The fourth-order valence-electron chi connectivity index (χ4n) is 4.49. The molecule has 0 aliphatic heterocycles. The molecule has 23 heavy (non-hydrogen) atoms. The monoisotopic (exact) mass is 335 g/mol. The van der Waals surface area contributed by atoms with Crippen LogP contribution in [-0.4, -0.2) is 24.4 Å². The number of hydrogen-bond acceptors (Lipinski definition) is 3. The van der Waals surface area contributed by atoms with Crippen molar-refractivity contribution >= 4 is 21.1 Å². The van der Waals surface area contributed by atoms with Crippen molar-refractivity contribution in [3.05, 3.63) is 28.7 Å². The molecule has 0 amide bonds. The van der Waals surface area contributed by atoms with Gasteiger partial charge in [-0.05, 0) is 62.1 Å². The fourth-order valence-corrected chi connectivity index (χ4v) is 5.81. The Balaban J connectivity index is 1.57. The molecule has 2 aliphatic rings. The molecule has 3 N–H and O–H groups in total. The lowest BCUT2D eigenvalue weighted by Gasteiger charge is -2.28. The molecule has 0 spiro atoms. The van der Waals surface area contributed by atoms with E-state index < -0.39 is 10.0 Å². The van der Waals surface area contributed by atoms with E-state index in [1.165, 1.54) is 31.4 Å². The summed E-state index contributed by atoms with van der Waals surface area (Å²) < 4.78 is 28.1. The zero-order chi connectivity index (χ0) is 16.2. The second-order valence-electron chi connectivity index (χ2n) is 7.04. The van der Waals surface area contributed by atoms with Crippen LogP contribution in [0.5, 0.6) is 0 Å². The topological polar surface area (TPSA) is 94.8 Å². The third kappa shape index (κ3) is 2.61. The van der Waals surface area contributed by atoms with E-state index in [2.05, 4.69) is 14.7 Å². The number of aromatic nitrogens is 2. The summed E-state index contributed by atoms with van der Waals surface area (Å²) in [6, 6.07) is 4.59. The Morgan fingerprint density at radius 1 is 1.17 bits per heavy atom. The molecule has 2 fully saturated rings. The predicted molar refractivity (Wildman–Crippen MR) is 87.6 cm³/mol. The van der Waals surface area contributed by atoms with Gasteiger partial charge in [-0.15, -0.1) is 0 Å². The van der Waals surface area contributed by atoms with E-state index in [-0.39, 0.29) is 16.6 Å². The maximum Gasteiger partial charge on any atom is 0.323 e. The standard InChI is InChI=1S/C16H21N3O3S/c1-9(13-7-10-2-3-11(13)6-10)19-23(21,22)12-4-5-14-15(8-12)18-16(20)17-14/h4-5,8-11,13,19H,2-3,6-7H2,1H3,(H2,17,18,20)/t9-,10-,11-,13-/m1/s1.